The van der Waals surface area contributed by atoms with Gasteiger partial charge in [0.2, 0.25) is 15.9 Å². The van der Waals surface area contributed by atoms with Gasteiger partial charge in [0.25, 0.3) is 0 Å². The zero-order valence-corrected chi connectivity index (χ0v) is 14.8. The number of amides is 1. The Balaban J connectivity index is 1.61. The first-order valence-electron chi connectivity index (χ1n) is 8.44. The van der Waals surface area contributed by atoms with Crippen LogP contribution in [-0.4, -0.2) is 37.5 Å². The summed E-state index contributed by atoms with van der Waals surface area (Å²) in [5.41, 5.74) is 2.99. The van der Waals surface area contributed by atoms with E-state index >= 15 is 0 Å². The van der Waals surface area contributed by atoms with Crippen molar-refractivity contribution in [2.45, 2.75) is 19.3 Å². The molecule has 25 heavy (non-hydrogen) atoms. The molecule has 0 bridgehead atoms. The average Bonchev–Trinajstić information content (AvgIpc) is 2.94. The van der Waals surface area contributed by atoms with E-state index in [1.807, 2.05) is 42.5 Å². The van der Waals surface area contributed by atoms with Gasteiger partial charge in [-0.3, -0.25) is 4.79 Å². The molecule has 6 heteroatoms. The van der Waals surface area contributed by atoms with Crippen molar-refractivity contribution in [3.8, 4) is 0 Å². The Morgan fingerprint density at radius 2 is 1.76 bits per heavy atom. The first-order valence-corrected chi connectivity index (χ1v) is 10.0. The minimum Gasteiger partial charge on any atom is -0.326 e. The van der Waals surface area contributed by atoms with Crippen LogP contribution in [-0.2, 0) is 21.2 Å². The van der Waals surface area contributed by atoms with E-state index in [-0.39, 0.29) is 24.6 Å². The molecule has 1 N–H and O–H groups in total. The third kappa shape index (κ3) is 4.67. The second-order valence-corrected chi connectivity index (χ2v) is 8.27. The molecule has 3 rings (SSSR count). The molecule has 132 valence electrons. The van der Waals surface area contributed by atoms with Gasteiger partial charge in [0.05, 0.1) is 5.75 Å². The molecule has 0 aromatic heterocycles. The lowest BCUT2D eigenvalue weighted by Crippen LogP contribution is -2.29. The number of hydrogen-bond donors (Lipinski definition) is 1. The highest BCUT2D eigenvalue weighted by Crippen LogP contribution is 2.20. The second-order valence-electron chi connectivity index (χ2n) is 6.19. The van der Waals surface area contributed by atoms with Crippen LogP contribution in [0.5, 0.6) is 0 Å². The first kappa shape index (κ1) is 17.6. The SMILES string of the molecule is O=C(CCN1CCCS1(=O)=O)Nc1ccccc1Cc1ccccc1. The monoisotopic (exact) mass is 358 g/mol. The van der Waals surface area contributed by atoms with Gasteiger partial charge in [0, 0.05) is 25.2 Å². The van der Waals surface area contributed by atoms with Crippen LogP contribution in [0.1, 0.15) is 24.0 Å². The van der Waals surface area contributed by atoms with Crippen molar-refractivity contribution in [1.82, 2.24) is 4.31 Å². The molecule has 0 unspecified atom stereocenters. The van der Waals surface area contributed by atoms with Crippen LogP contribution in [0.3, 0.4) is 0 Å². The van der Waals surface area contributed by atoms with Crippen LogP contribution >= 0.6 is 0 Å². The van der Waals surface area contributed by atoms with Gasteiger partial charge >= 0.3 is 0 Å². The Bertz CT molecular complexity index is 835. The summed E-state index contributed by atoms with van der Waals surface area (Å²) in [6.45, 7) is 0.759. The summed E-state index contributed by atoms with van der Waals surface area (Å²) in [5.74, 6) is 0.0248. The predicted octanol–water partition coefficient (Wildman–Crippen LogP) is 2.64. The second kappa shape index (κ2) is 7.80. The highest BCUT2D eigenvalue weighted by atomic mass is 32.2. The van der Waals surface area contributed by atoms with E-state index < -0.39 is 10.0 Å². The topological polar surface area (TPSA) is 66.5 Å². The fourth-order valence-corrected chi connectivity index (χ4v) is 4.52. The van der Waals surface area contributed by atoms with E-state index in [1.165, 1.54) is 9.87 Å². The number of nitrogens with zero attached hydrogens (tertiary/aromatic N) is 1. The number of carbonyl (C=O) groups is 1. The van der Waals surface area contributed by atoms with E-state index in [0.29, 0.717) is 13.0 Å². The van der Waals surface area contributed by atoms with Crippen molar-refractivity contribution in [1.29, 1.82) is 0 Å². The number of carbonyl (C=O) groups excluding carboxylic acids is 1. The molecule has 0 aliphatic carbocycles. The number of para-hydroxylation sites is 1. The lowest BCUT2D eigenvalue weighted by atomic mass is 10.0. The molecule has 1 amide bonds. The molecular formula is C19H22N2O3S. The highest BCUT2D eigenvalue weighted by Gasteiger charge is 2.28. The zero-order chi connectivity index (χ0) is 17.7. The number of rotatable bonds is 6. The molecule has 1 fully saturated rings. The summed E-state index contributed by atoms with van der Waals surface area (Å²) in [4.78, 5) is 12.3. The van der Waals surface area contributed by atoms with Crippen LogP contribution in [0.2, 0.25) is 0 Å². The van der Waals surface area contributed by atoms with Gasteiger partial charge < -0.3 is 5.32 Å². The maximum Gasteiger partial charge on any atom is 0.225 e. The molecular weight excluding hydrogens is 336 g/mol. The van der Waals surface area contributed by atoms with E-state index in [0.717, 1.165) is 17.7 Å². The van der Waals surface area contributed by atoms with E-state index in [4.69, 9.17) is 0 Å². The fraction of sp³-hybridized carbons (Fsp3) is 0.316. The summed E-state index contributed by atoms with van der Waals surface area (Å²) in [6, 6.07) is 17.8. The van der Waals surface area contributed by atoms with E-state index in [2.05, 4.69) is 17.4 Å². The Morgan fingerprint density at radius 1 is 1.04 bits per heavy atom. The summed E-state index contributed by atoms with van der Waals surface area (Å²) in [5, 5.41) is 2.92. The molecule has 1 saturated heterocycles. The van der Waals surface area contributed by atoms with Crippen molar-refractivity contribution >= 4 is 21.6 Å². The quantitative estimate of drug-likeness (QED) is 0.863. The lowest BCUT2D eigenvalue weighted by Gasteiger charge is -2.15. The molecule has 1 heterocycles. The minimum atomic E-state index is -3.15. The summed E-state index contributed by atoms with van der Waals surface area (Å²) in [6.07, 6.45) is 1.54. The predicted molar refractivity (Wildman–Crippen MR) is 98.9 cm³/mol. The van der Waals surface area contributed by atoms with Crippen LogP contribution in [0.15, 0.2) is 54.6 Å². The number of hydrogen-bond acceptors (Lipinski definition) is 3. The summed E-state index contributed by atoms with van der Waals surface area (Å²) in [7, 11) is -3.15. The van der Waals surface area contributed by atoms with Gasteiger partial charge in [-0.05, 0) is 30.0 Å². The number of anilines is 1. The van der Waals surface area contributed by atoms with Gasteiger partial charge in [-0.2, -0.15) is 0 Å². The Labute approximate surface area is 148 Å². The van der Waals surface area contributed by atoms with Crippen molar-refractivity contribution in [3.05, 3.63) is 65.7 Å². The third-order valence-corrected chi connectivity index (χ3v) is 6.28. The maximum atomic E-state index is 12.3. The molecule has 1 aliphatic rings. The number of benzene rings is 2. The van der Waals surface area contributed by atoms with E-state index in [1.54, 1.807) is 0 Å². The Kier molecular flexibility index (Phi) is 5.50. The highest BCUT2D eigenvalue weighted by molar-refractivity contribution is 7.89. The van der Waals surface area contributed by atoms with Gasteiger partial charge in [-0.25, -0.2) is 12.7 Å². The van der Waals surface area contributed by atoms with Crippen LogP contribution < -0.4 is 5.32 Å². The molecule has 2 aromatic carbocycles. The molecule has 2 aromatic rings. The van der Waals surface area contributed by atoms with Crippen LogP contribution in [0.4, 0.5) is 5.69 Å². The van der Waals surface area contributed by atoms with E-state index in [9.17, 15) is 13.2 Å². The van der Waals surface area contributed by atoms with Crippen molar-refractivity contribution < 1.29 is 13.2 Å². The normalized spacial score (nSPS) is 16.6. The smallest absolute Gasteiger partial charge is 0.225 e. The average molecular weight is 358 g/mol. The minimum absolute atomic E-state index is 0.164. The van der Waals surface area contributed by atoms with Gasteiger partial charge in [0.15, 0.2) is 0 Å². The van der Waals surface area contributed by atoms with Crippen LogP contribution in [0.25, 0.3) is 0 Å². The third-order valence-electron chi connectivity index (χ3n) is 4.32. The zero-order valence-electron chi connectivity index (χ0n) is 14.0. The number of nitrogens with one attached hydrogen (secondary N) is 1. The first-order chi connectivity index (χ1) is 12.0. The largest absolute Gasteiger partial charge is 0.326 e. The van der Waals surface area contributed by atoms with Crippen molar-refractivity contribution in [3.63, 3.8) is 0 Å². The fourth-order valence-electron chi connectivity index (χ4n) is 2.99. The van der Waals surface area contributed by atoms with Crippen molar-refractivity contribution in [2.24, 2.45) is 0 Å². The lowest BCUT2D eigenvalue weighted by molar-refractivity contribution is -0.116. The van der Waals surface area contributed by atoms with Gasteiger partial charge in [-0.1, -0.05) is 48.5 Å². The molecule has 0 saturated carbocycles. The molecule has 5 nitrogen and oxygen atoms in total. The summed E-state index contributed by atoms with van der Waals surface area (Å²) < 4.78 is 25.0. The Morgan fingerprint density at radius 3 is 2.48 bits per heavy atom. The molecule has 0 atom stereocenters. The Hall–Kier alpha value is -2.18. The maximum absolute atomic E-state index is 12.3. The van der Waals surface area contributed by atoms with Crippen molar-refractivity contribution in [2.75, 3.05) is 24.2 Å². The number of sulfonamides is 1. The standard InChI is InChI=1S/C19H22N2O3S/c22-19(11-13-21-12-6-14-25(21,23)24)20-18-10-5-4-9-17(18)15-16-7-2-1-3-8-16/h1-5,7-10H,6,11-15H2,(H,20,22). The van der Waals surface area contributed by atoms with Crippen LogP contribution in [0, 0.1) is 0 Å². The molecule has 1 aliphatic heterocycles. The molecule has 0 spiro atoms. The molecule has 0 radical (unpaired) electrons. The van der Waals surface area contributed by atoms with Gasteiger partial charge in [0.1, 0.15) is 0 Å². The van der Waals surface area contributed by atoms with Gasteiger partial charge in [-0.15, -0.1) is 0 Å². The summed E-state index contributed by atoms with van der Waals surface area (Å²) >= 11 is 0.